The molecule has 0 radical (unpaired) electrons. The van der Waals surface area contributed by atoms with E-state index >= 15 is 0 Å². The van der Waals surface area contributed by atoms with Gasteiger partial charge in [0.2, 0.25) is 10.0 Å². The molecule has 0 saturated heterocycles. The summed E-state index contributed by atoms with van der Waals surface area (Å²) in [7, 11) is -3.73. The molecule has 2 aromatic carbocycles. The van der Waals surface area contributed by atoms with Gasteiger partial charge in [0.05, 0.1) is 11.6 Å². The summed E-state index contributed by atoms with van der Waals surface area (Å²) in [4.78, 5) is -0.00698. The van der Waals surface area contributed by atoms with E-state index in [1.807, 2.05) is 19.1 Å². The lowest BCUT2D eigenvalue weighted by atomic mass is 10.2. The van der Waals surface area contributed by atoms with E-state index in [-0.39, 0.29) is 16.5 Å². The summed E-state index contributed by atoms with van der Waals surface area (Å²) < 4.78 is 32.6. The zero-order valence-electron chi connectivity index (χ0n) is 11.8. The van der Waals surface area contributed by atoms with E-state index in [1.165, 1.54) is 18.2 Å². The molecule has 0 spiro atoms. The average molecular weight is 360 g/mol. The molecule has 2 aromatic rings. The molecule has 0 atom stereocenters. The average Bonchev–Trinajstić information content (AvgIpc) is 2.46. The summed E-state index contributed by atoms with van der Waals surface area (Å²) >= 11 is 11.7. The number of sulfonamides is 1. The van der Waals surface area contributed by atoms with Gasteiger partial charge in [-0.3, -0.25) is 0 Å². The van der Waals surface area contributed by atoms with Gasteiger partial charge in [0, 0.05) is 17.1 Å². The predicted octanol–water partition coefficient (Wildman–Crippen LogP) is 3.87. The highest BCUT2D eigenvalue weighted by molar-refractivity contribution is 7.89. The molecule has 0 saturated carbocycles. The Bertz CT molecular complexity index is 763. The highest BCUT2D eigenvalue weighted by atomic mass is 35.5. The van der Waals surface area contributed by atoms with Gasteiger partial charge >= 0.3 is 0 Å². The molecule has 0 bridgehead atoms. The zero-order chi connectivity index (χ0) is 16.2. The van der Waals surface area contributed by atoms with Crippen molar-refractivity contribution in [1.82, 2.24) is 4.72 Å². The van der Waals surface area contributed by atoms with Gasteiger partial charge in [-0.2, -0.15) is 0 Å². The highest BCUT2D eigenvalue weighted by Crippen LogP contribution is 2.25. The summed E-state index contributed by atoms with van der Waals surface area (Å²) in [5, 5.41) is 0.462. The Morgan fingerprint density at radius 1 is 1.14 bits per heavy atom. The van der Waals surface area contributed by atoms with Gasteiger partial charge in [-0.25, -0.2) is 13.1 Å². The molecule has 1 N–H and O–H groups in total. The van der Waals surface area contributed by atoms with Gasteiger partial charge in [0.15, 0.2) is 0 Å². The van der Waals surface area contributed by atoms with Crippen molar-refractivity contribution in [2.75, 3.05) is 6.61 Å². The third kappa shape index (κ3) is 4.14. The molecule has 0 aliphatic carbocycles. The fourth-order valence-corrected chi connectivity index (χ4v) is 3.67. The molecule has 4 nitrogen and oxygen atoms in total. The third-order valence-electron chi connectivity index (χ3n) is 2.91. The Morgan fingerprint density at radius 3 is 2.55 bits per heavy atom. The Hall–Kier alpha value is -1.27. The monoisotopic (exact) mass is 359 g/mol. The smallest absolute Gasteiger partial charge is 0.242 e. The van der Waals surface area contributed by atoms with Crippen LogP contribution in [0.2, 0.25) is 10.0 Å². The lowest BCUT2D eigenvalue weighted by Gasteiger charge is -2.12. The number of nitrogens with one attached hydrogen (secondary N) is 1. The summed E-state index contributed by atoms with van der Waals surface area (Å²) in [6, 6.07) is 11.5. The minimum Gasteiger partial charge on any atom is -0.494 e. The molecule has 2 rings (SSSR count). The topological polar surface area (TPSA) is 55.4 Å². The molecule has 0 aliphatic heterocycles. The number of para-hydroxylation sites is 1. The van der Waals surface area contributed by atoms with E-state index in [0.29, 0.717) is 17.4 Å². The van der Waals surface area contributed by atoms with Crippen molar-refractivity contribution in [1.29, 1.82) is 0 Å². The Kier molecular flexibility index (Phi) is 5.69. The van der Waals surface area contributed by atoms with Crippen LogP contribution in [0.3, 0.4) is 0 Å². The molecule has 7 heteroatoms. The van der Waals surface area contributed by atoms with Crippen molar-refractivity contribution in [3.05, 3.63) is 58.1 Å². The van der Waals surface area contributed by atoms with E-state index in [1.54, 1.807) is 12.1 Å². The van der Waals surface area contributed by atoms with Gasteiger partial charge in [0.1, 0.15) is 10.6 Å². The SMILES string of the molecule is CCOc1ccccc1CNS(=O)(=O)c1ccc(Cl)cc1Cl. The number of halogens is 2. The van der Waals surface area contributed by atoms with E-state index < -0.39 is 10.0 Å². The molecule has 0 aromatic heterocycles. The van der Waals surface area contributed by atoms with Crippen molar-refractivity contribution in [2.45, 2.75) is 18.4 Å². The van der Waals surface area contributed by atoms with Crippen molar-refractivity contribution < 1.29 is 13.2 Å². The molecule has 0 fully saturated rings. The first kappa shape index (κ1) is 17.1. The van der Waals surface area contributed by atoms with E-state index in [9.17, 15) is 8.42 Å². The summed E-state index contributed by atoms with van der Waals surface area (Å²) in [6.07, 6.45) is 0. The first-order valence-corrected chi connectivity index (χ1v) is 8.83. The molecular formula is C15H15Cl2NO3S. The maximum absolute atomic E-state index is 12.3. The molecule has 0 amide bonds. The standard InChI is InChI=1S/C15H15Cl2NO3S/c1-2-21-14-6-4-3-5-11(14)10-18-22(19,20)15-8-7-12(16)9-13(15)17/h3-9,18H,2,10H2,1H3. The van der Waals surface area contributed by atoms with Crippen molar-refractivity contribution in [2.24, 2.45) is 0 Å². The second-order valence-corrected chi connectivity index (χ2v) is 7.02. The third-order valence-corrected chi connectivity index (χ3v) is 5.03. The molecule has 0 aliphatic rings. The molecule has 118 valence electrons. The van der Waals surface area contributed by atoms with E-state index in [0.717, 1.165) is 5.56 Å². The Morgan fingerprint density at radius 2 is 1.86 bits per heavy atom. The number of ether oxygens (including phenoxy) is 1. The van der Waals surface area contributed by atoms with Crippen LogP contribution in [0.5, 0.6) is 5.75 Å². The normalized spacial score (nSPS) is 11.4. The number of hydrogen-bond donors (Lipinski definition) is 1. The highest BCUT2D eigenvalue weighted by Gasteiger charge is 2.18. The van der Waals surface area contributed by atoms with Crippen LogP contribution in [0.4, 0.5) is 0 Å². The Balaban J connectivity index is 2.20. The number of hydrogen-bond acceptors (Lipinski definition) is 3. The van der Waals surface area contributed by atoms with Gasteiger partial charge in [-0.15, -0.1) is 0 Å². The van der Waals surface area contributed by atoms with Crippen LogP contribution in [0, 0.1) is 0 Å². The summed E-state index contributed by atoms with van der Waals surface area (Å²) in [5.74, 6) is 0.648. The predicted molar refractivity (Wildman–Crippen MR) is 88.1 cm³/mol. The maximum atomic E-state index is 12.3. The van der Waals surface area contributed by atoms with Crippen molar-refractivity contribution >= 4 is 33.2 Å². The maximum Gasteiger partial charge on any atom is 0.242 e. The van der Waals surface area contributed by atoms with Crippen LogP contribution in [0.15, 0.2) is 47.4 Å². The first-order chi connectivity index (χ1) is 10.4. The van der Waals surface area contributed by atoms with Crippen LogP contribution < -0.4 is 9.46 Å². The summed E-state index contributed by atoms with van der Waals surface area (Å²) in [5.41, 5.74) is 0.748. The largest absolute Gasteiger partial charge is 0.494 e. The van der Waals surface area contributed by atoms with Crippen LogP contribution in [-0.2, 0) is 16.6 Å². The number of benzene rings is 2. The summed E-state index contributed by atoms with van der Waals surface area (Å²) in [6.45, 7) is 2.48. The second kappa shape index (κ2) is 7.33. The van der Waals surface area contributed by atoms with Crippen molar-refractivity contribution in [3.63, 3.8) is 0 Å². The lowest BCUT2D eigenvalue weighted by molar-refractivity contribution is 0.336. The molecule has 0 heterocycles. The lowest BCUT2D eigenvalue weighted by Crippen LogP contribution is -2.23. The first-order valence-electron chi connectivity index (χ1n) is 6.59. The molecule has 0 unspecified atom stereocenters. The second-order valence-electron chi connectivity index (χ2n) is 4.44. The number of rotatable bonds is 6. The van der Waals surface area contributed by atoms with Crippen molar-refractivity contribution in [3.8, 4) is 5.75 Å². The van der Waals surface area contributed by atoms with Gasteiger partial charge in [-0.05, 0) is 31.2 Å². The van der Waals surface area contributed by atoms with Crippen LogP contribution in [0.1, 0.15) is 12.5 Å². The Labute approximate surface area is 140 Å². The van der Waals surface area contributed by atoms with Crippen LogP contribution in [-0.4, -0.2) is 15.0 Å². The fourth-order valence-electron chi connectivity index (χ4n) is 1.89. The quantitative estimate of drug-likeness (QED) is 0.851. The zero-order valence-corrected chi connectivity index (χ0v) is 14.2. The van der Waals surface area contributed by atoms with Gasteiger partial charge < -0.3 is 4.74 Å². The molecule has 22 heavy (non-hydrogen) atoms. The molecular weight excluding hydrogens is 345 g/mol. The van der Waals surface area contributed by atoms with E-state index in [2.05, 4.69) is 4.72 Å². The van der Waals surface area contributed by atoms with E-state index in [4.69, 9.17) is 27.9 Å². The van der Waals surface area contributed by atoms with Crippen LogP contribution in [0.25, 0.3) is 0 Å². The van der Waals surface area contributed by atoms with Gasteiger partial charge in [-0.1, -0.05) is 41.4 Å². The minimum absolute atomic E-state index is 0.00698. The minimum atomic E-state index is -3.73. The fraction of sp³-hybridized carbons (Fsp3) is 0.200. The van der Waals surface area contributed by atoms with Gasteiger partial charge in [0.25, 0.3) is 0 Å². The van der Waals surface area contributed by atoms with Crippen LogP contribution >= 0.6 is 23.2 Å².